The topological polar surface area (TPSA) is 58.6 Å². The summed E-state index contributed by atoms with van der Waals surface area (Å²) in [6.07, 6.45) is -3.24. The lowest BCUT2D eigenvalue weighted by Gasteiger charge is -2.36. The zero-order chi connectivity index (χ0) is 15.7. The highest BCUT2D eigenvalue weighted by Crippen LogP contribution is 2.33. The Morgan fingerprint density at radius 3 is 2.48 bits per heavy atom. The Hall–Kier alpha value is -1.76. The average molecular weight is 303 g/mol. The molecule has 4 nitrogen and oxygen atoms in total. The normalized spacial score (nSPS) is 18.3. The van der Waals surface area contributed by atoms with Crippen LogP contribution in [0.15, 0.2) is 18.2 Å². The molecule has 0 unspecified atom stereocenters. The highest BCUT2D eigenvalue weighted by molar-refractivity contribution is 5.94. The highest BCUT2D eigenvalue weighted by atomic mass is 19.4. The maximum Gasteiger partial charge on any atom is 0.416 e. The van der Waals surface area contributed by atoms with E-state index in [9.17, 15) is 18.0 Å². The molecule has 1 saturated heterocycles. The lowest BCUT2D eigenvalue weighted by Crippen LogP contribution is -2.41. The smallest absolute Gasteiger partial charge is 0.416 e. The first-order valence-corrected chi connectivity index (χ1v) is 6.52. The van der Waals surface area contributed by atoms with Gasteiger partial charge in [0.25, 0.3) is 0 Å². The monoisotopic (exact) mass is 303 g/mol. The Morgan fingerprint density at radius 2 is 1.95 bits per heavy atom. The van der Waals surface area contributed by atoms with Gasteiger partial charge in [-0.2, -0.15) is 13.2 Å². The van der Waals surface area contributed by atoms with E-state index >= 15 is 0 Å². The molecule has 1 aromatic carbocycles. The fraction of sp³-hybridized carbons (Fsp3) is 0.500. The number of carboxylic acids is 1. The van der Waals surface area contributed by atoms with Crippen molar-refractivity contribution in [2.24, 2.45) is 0 Å². The van der Waals surface area contributed by atoms with Crippen molar-refractivity contribution in [2.75, 3.05) is 18.5 Å². The molecule has 0 bridgehead atoms. The molecule has 0 radical (unpaired) electrons. The third kappa shape index (κ3) is 3.66. The standard InChI is InChI=1S/C14H16F3NO3/c1-13(4-6-21-7-5-13)18-11-3-2-9(14(15,16)17)8-10(11)12(19)20/h2-3,8,18H,4-7H2,1H3,(H,19,20). The Labute approximate surface area is 119 Å². The van der Waals surface area contributed by atoms with Crippen LogP contribution in [0, 0.1) is 0 Å². The van der Waals surface area contributed by atoms with Crippen molar-refractivity contribution in [3.8, 4) is 0 Å². The van der Waals surface area contributed by atoms with Crippen molar-refractivity contribution in [1.82, 2.24) is 0 Å². The van der Waals surface area contributed by atoms with Gasteiger partial charge in [-0.05, 0) is 38.0 Å². The molecule has 2 rings (SSSR count). The summed E-state index contributed by atoms with van der Waals surface area (Å²) in [7, 11) is 0. The molecule has 116 valence electrons. The van der Waals surface area contributed by atoms with E-state index in [0.717, 1.165) is 6.07 Å². The molecule has 2 N–H and O–H groups in total. The summed E-state index contributed by atoms with van der Waals surface area (Å²) < 4.78 is 43.2. The number of aromatic carboxylic acids is 1. The van der Waals surface area contributed by atoms with Crippen molar-refractivity contribution in [2.45, 2.75) is 31.5 Å². The van der Waals surface area contributed by atoms with Gasteiger partial charge in [0.05, 0.1) is 11.1 Å². The molecule has 0 atom stereocenters. The molecule has 1 aliphatic rings. The third-order valence-electron chi connectivity index (χ3n) is 3.61. The number of rotatable bonds is 3. The summed E-state index contributed by atoms with van der Waals surface area (Å²) in [5.41, 5.74) is -1.54. The number of alkyl halides is 3. The zero-order valence-electron chi connectivity index (χ0n) is 11.5. The van der Waals surface area contributed by atoms with Crippen LogP contribution in [0.25, 0.3) is 0 Å². The van der Waals surface area contributed by atoms with E-state index in [0.29, 0.717) is 32.1 Å². The number of carbonyl (C=O) groups is 1. The van der Waals surface area contributed by atoms with E-state index in [1.165, 1.54) is 6.07 Å². The first kappa shape index (κ1) is 15.6. The quantitative estimate of drug-likeness (QED) is 0.898. The van der Waals surface area contributed by atoms with Crippen LogP contribution in [0.4, 0.5) is 18.9 Å². The molecule has 1 heterocycles. The first-order valence-electron chi connectivity index (χ1n) is 6.52. The fourth-order valence-electron chi connectivity index (χ4n) is 2.28. The number of benzene rings is 1. The second-order valence-electron chi connectivity index (χ2n) is 5.36. The molecule has 21 heavy (non-hydrogen) atoms. The predicted molar refractivity (Wildman–Crippen MR) is 70.5 cm³/mol. The van der Waals surface area contributed by atoms with Crippen molar-refractivity contribution in [3.63, 3.8) is 0 Å². The molecule has 1 aliphatic heterocycles. The number of carboxylic acid groups (broad SMARTS) is 1. The van der Waals surface area contributed by atoms with Gasteiger partial charge in [-0.15, -0.1) is 0 Å². The largest absolute Gasteiger partial charge is 0.478 e. The number of hydrogen-bond donors (Lipinski definition) is 2. The zero-order valence-corrected chi connectivity index (χ0v) is 11.5. The van der Waals surface area contributed by atoms with Crippen LogP contribution >= 0.6 is 0 Å². The van der Waals surface area contributed by atoms with Gasteiger partial charge in [0, 0.05) is 24.4 Å². The van der Waals surface area contributed by atoms with Gasteiger partial charge in [-0.25, -0.2) is 4.79 Å². The Bertz CT molecular complexity index is 537. The van der Waals surface area contributed by atoms with Crippen LogP contribution in [0.3, 0.4) is 0 Å². The van der Waals surface area contributed by atoms with E-state index < -0.39 is 17.7 Å². The van der Waals surface area contributed by atoms with E-state index in [2.05, 4.69) is 5.32 Å². The van der Waals surface area contributed by atoms with E-state index in [1.54, 1.807) is 0 Å². The summed E-state index contributed by atoms with van der Waals surface area (Å²) in [5.74, 6) is -1.39. The maximum absolute atomic E-state index is 12.7. The summed E-state index contributed by atoms with van der Waals surface area (Å²) in [6.45, 7) is 2.97. The van der Waals surface area contributed by atoms with Gasteiger partial charge in [0.2, 0.25) is 0 Å². The summed E-state index contributed by atoms with van der Waals surface area (Å²) in [4.78, 5) is 11.2. The number of hydrogen-bond acceptors (Lipinski definition) is 3. The number of ether oxygens (including phenoxy) is 1. The van der Waals surface area contributed by atoms with E-state index in [4.69, 9.17) is 9.84 Å². The molecular weight excluding hydrogens is 287 g/mol. The molecule has 0 saturated carbocycles. The van der Waals surface area contributed by atoms with Crippen LogP contribution in [-0.4, -0.2) is 29.8 Å². The molecule has 1 fully saturated rings. The minimum Gasteiger partial charge on any atom is -0.478 e. The minimum absolute atomic E-state index is 0.194. The minimum atomic E-state index is -4.56. The Balaban J connectivity index is 2.33. The van der Waals surface area contributed by atoms with Gasteiger partial charge in [0.15, 0.2) is 0 Å². The fourth-order valence-corrected chi connectivity index (χ4v) is 2.28. The molecule has 0 aliphatic carbocycles. The predicted octanol–water partition coefficient (Wildman–Crippen LogP) is 3.38. The molecular formula is C14H16F3NO3. The van der Waals surface area contributed by atoms with Crippen LogP contribution in [0.1, 0.15) is 35.7 Å². The Kier molecular flexibility index (Phi) is 4.13. The SMILES string of the molecule is CC1(Nc2ccc(C(F)(F)F)cc2C(=O)O)CCOCC1. The van der Waals surface area contributed by atoms with E-state index in [1.807, 2.05) is 6.92 Å². The lowest BCUT2D eigenvalue weighted by molar-refractivity contribution is -0.137. The summed E-state index contributed by atoms with van der Waals surface area (Å²) >= 11 is 0. The van der Waals surface area contributed by atoms with Gasteiger partial charge >= 0.3 is 12.1 Å². The molecule has 0 spiro atoms. The van der Waals surface area contributed by atoms with Gasteiger partial charge in [-0.3, -0.25) is 0 Å². The van der Waals surface area contributed by atoms with Crippen molar-refractivity contribution >= 4 is 11.7 Å². The van der Waals surface area contributed by atoms with Gasteiger partial charge in [-0.1, -0.05) is 0 Å². The van der Waals surface area contributed by atoms with Crippen LogP contribution in [0.2, 0.25) is 0 Å². The summed E-state index contributed by atoms with van der Waals surface area (Å²) in [5, 5.41) is 12.2. The summed E-state index contributed by atoms with van der Waals surface area (Å²) in [6, 6.07) is 2.72. The number of halogens is 3. The van der Waals surface area contributed by atoms with Crippen molar-refractivity contribution in [3.05, 3.63) is 29.3 Å². The second kappa shape index (κ2) is 5.55. The number of anilines is 1. The molecule has 0 amide bonds. The maximum atomic E-state index is 12.7. The van der Waals surface area contributed by atoms with Gasteiger partial charge in [0.1, 0.15) is 0 Å². The van der Waals surface area contributed by atoms with Crippen molar-refractivity contribution < 1.29 is 27.8 Å². The van der Waals surface area contributed by atoms with Crippen LogP contribution in [0.5, 0.6) is 0 Å². The average Bonchev–Trinajstić information content (AvgIpc) is 2.38. The van der Waals surface area contributed by atoms with Crippen LogP contribution in [-0.2, 0) is 10.9 Å². The highest BCUT2D eigenvalue weighted by Gasteiger charge is 2.33. The Morgan fingerprint density at radius 1 is 1.33 bits per heavy atom. The second-order valence-corrected chi connectivity index (χ2v) is 5.36. The molecule has 1 aromatic rings. The van der Waals surface area contributed by atoms with E-state index in [-0.39, 0.29) is 16.8 Å². The lowest BCUT2D eigenvalue weighted by atomic mass is 9.91. The van der Waals surface area contributed by atoms with Crippen molar-refractivity contribution in [1.29, 1.82) is 0 Å². The molecule has 0 aromatic heterocycles. The number of nitrogens with one attached hydrogen (secondary N) is 1. The van der Waals surface area contributed by atoms with Crippen LogP contribution < -0.4 is 5.32 Å². The molecule has 7 heteroatoms. The van der Waals surface area contributed by atoms with Gasteiger partial charge < -0.3 is 15.2 Å². The first-order chi connectivity index (χ1) is 9.71. The third-order valence-corrected chi connectivity index (χ3v) is 3.61.